The van der Waals surface area contributed by atoms with E-state index in [4.69, 9.17) is 0 Å². The van der Waals surface area contributed by atoms with Crippen LogP contribution < -0.4 is 10.0 Å². The van der Waals surface area contributed by atoms with Crippen LogP contribution in [-0.4, -0.2) is 11.1 Å². The number of carbonyl (C=O) groups excluding carboxylic acids is 1. The van der Waals surface area contributed by atoms with Gasteiger partial charge in [-0.3, -0.25) is 10.0 Å². The van der Waals surface area contributed by atoms with Crippen molar-refractivity contribution in [2.45, 2.75) is 33.1 Å². The molecular formula is C21H22FN2O2+. The molecule has 1 heterocycles. The van der Waals surface area contributed by atoms with E-state index in [0.29, 0.717) is 24.9 Å². The van der Waals surface area contributed by atoms with Crippen LogP contribution in [0.3, 0.4) is 0 Å². The Labute approximate surface area is 152 Å². The van der Waals surface area contributed by atoms with Gasteiger partial charge in [-0.05, 0) is 49.1 Å². The van der Waals surface area contributed by atoms with Crippen LogP contribution in [-0.2, 0) is 4.79 Å². The molecule has 2 aromatic rings. The maximum atomic E-state index is 13.0. The van der Waals surface area contributed by atoms with Crippen molar-refractivity contribution >= 4 is 11.6 Å². The number of carbonyl (C=O) groups is 1. The molecule has 0 unspecified atom stereocenters. The van der Waals surface area contributed by atoms with Crippen molar-refractivity contribution in [3.05, 3.63) is 71.3 Å². The van der Waals surface area contributed by atoms with Crippen molar-refractivity contribution in [3.8, 4) is 11.1 Å². The number of halogens is 1. The number of nitrogens with one attached hydrogen (secondary N) is 1. The van der Waals surface area contributed by atoms with Crippen LogP contribution in [0.25, 0.3) is 11.1 Å². The molecule has 0 fully saturated rings. The number of anilines is 1. The van der Waals surface area contributed by atoms with Crippen molar-refractivity contribution in [2.75, 3.05) is 5.32 Å². The van der Waals surface area contributed by atoms with Gasteiger partial charge in [0, 0.05) is 35.9 Å². The third-order valence-electron chi connectivity index (χ3n) is 4.61. The fourth-order valence-corrected chi connectivity index (χ4v) is 3.15. The lowest BCUT2D eigenvalue weighted by Gasteiger charge is -2.11. The van der Waals surface area contributed by atoms with Gasteiger partial charge in [-0.25, -0.2) is 4.39 Å². The molecule has 0 radical (unpaired) electrons. The number of allylic oxidation sites excluding steroid dienone is 3. The van der Waals surface area contributed by atoms with Crippen molar-refractivity contribution in [1.82, 2.24) is 0 Å². The predicted molar refractivity (Wildman–Crippen MR) is 98.5 cm³/mol. The van der Waals surface area contributed by atoms with E-state index in [1.807, 2.05) is 44.2 Å². The zero-order chi connectivity index (χ0) is 18.7. The number of hydrogen-bond donors (Lipinski definition) is 2. The second-order valence-electron chi connectivity index (χ2n) is 6.53. The minimum Gasteiger partial charge on any atom is -0.323 e. The summed E-state index contributed by atoms with van der Waals surface area (Å²) in [4.78, 5) is 12.1. The number of aryl methyl sites for hydroxylation is 1. The monoisotopic (exact) mass is 353 g/mol. The number of nitrogens with zero attached hydrogens (tertiary/aromatic N) is 1. The smallest absolute Gasteiger partial charge is 0.248 e. The van der Waals surface area contributed by atoms with Crippen molar-refractivity contribution < 1.29 is 19.1 Å². The summed E-state index contributed by atoms with van der Waals surface area (Å²) >= 11 is 0. The molecule has 0 saturated carbocycles. The maximum absolute atomic E-state index is 13.0. The molecule has 3 rings (SSSR count). The lowest BCUT2D eigenvalue weighted by molar-refractivity contribution is -0.908. The zero-order valence-corrected chi connectivity index (χ0v) is 14.9. The molecule has 0 spiro atoms. The Morgan fingerprint density at radius 1 is 1.19 bits per heavy atom. The van der Waals surface area contributed by atoms with Gasteiger partial charge in [0.25, 0.3) is 0 Å². The van der Waals surface area contributed by atoms with E-state index in [-0.39, 0.29) is 11.7 Å². The van der Waals surface area contributed by atoms with Gasteiger partial charge in [0.15, 0.2) is 0 Å². The highest BCUT2D eigenvalue weighted by molar-refractivity contribution is 6.00. The molecule has 2 N–H and O–H groups in total. The molecular weight excluding hydrogens is 331 g/mol. The summed E-state index contributed by atoms with van der Waals surface area (Å²) in [6, 6.07) is 9.35. The summed E-state index contributed by atoms with van der Waals surface area (Å²) in [5.41, 5.74) is 5.37. The second kappa shape index (κ2) is 7.52. The van der Waals surface area contributed by atoms with Crippen molar-refractivity contribution in [1.29, 1.82) is 0 Å². The first-order valence-corrected chi connectivity index (χ1v) is 8.60. The normalized spacial score (nSPS) is 15.7. The first kappa shape index (κ1) is 17.9. The predicted octanol–water partition coefficient (Wildman–Crippen LogP) is 4.40. The standard InChI is InChI=1S/C21H21FN2O2/c1-14-11-12-24(26)15(2)21(14)17-5-9-19(10-6-17)23-20(25)13-16-3-7-18(22)8-4-16/h5-7,9-13H,3-4,8H2,1-2H3,(H-,23,25,26)/p+1/b16-13-. The topological polar surface area (TPSA) is 53.2 Å². The Balaban J connectivity index is 1.74. The van der Waals surface area contributed by atoms with Crippen LogP contribution in [0.1, 0.15) is 30.5 Å². The van der Waals surface area contributed by atoms with Crippen LogP contribution in [0.5, 0.6) is 0 Å². The van der Waals surface area contributed by atoms with E-state index >= 15 is 0 Å². The fraction of sp³-hybridized carbons (Fsp3) is 0.238. The van der Waals surface area contributed by atoms with Gasteiger partial charge < -0.3 is 5.32 Å². The van der Waals surface area contributed by atoms with Gasteiger partial charge in [0.2, 0.25) is 17.8 Å². The number of amides is 1. The summed E-state index contributed by atoms with van der Waals surface area (Å²) in [6.45, 7) is 3.84. The Kier molecular flexibility index (Phi) is 5.16. The van der Waals surface area contributed by atoms with E-state index in [1.165, 1.54) is 6.08 Å². The first-order chi connectivity index (χ1) is 12.4. The molecule has 1 amide bonds. The lowest BCUT2D eigenvalue weighted by atomic mass is 9.99. The molecule has 134 valence electrons. The SMILES string of the molecule is Cc1cc[n+](O)c(C)c1-c1ccc(NC(=O)/C=C2/CC=C(F)CC2)cc1. The van der Waals surface area contributed by atoms with E-state index in [2.05, 4.69) is 5.32 Å². The Hall–Kier alpha value is -2.95. The van der Waals surface area contributed by atoms with Crippen molar-refractivity contribution in [2.24, 2.45) is 0 Å². The summed E-state index contributed by atoms with van der Waals surface area (Å²) in [5.74, 6) is -0.308. The summed E-state index contributed by atoms with van der Waals surface area (Å²) in [5, 5.41) is 12.7. The third-order valence-corrected chi connectivity index (χ3v) is 4.61. The molecule has 0 aliphatic heterocycles. The molecule has 1 aromatic heterocycles. The lowest BCUT2D eigenvalue weighted by Crippen LogP contribution is -2.33. The summed E-state index contributed by atoms with van der Waals surface area (Å²) in [7, 11) is 0. The van der Waals surface area contributed by atoms with Crippen molar-refractivity contribution in [3.63, 3.8) is 0 Å². The minimum absolute atomic E-state index is 0.103. The minimum atomic E-state index is -0.205. The second-order valence-corrected chi connectivity index (χ2v) is 6.53. The van der Waals surface area contributed by atoms with Crippen LogP contribution in [0.2, 0.25) is 0 Å². The third kappa shape index (κ3) is 3.99. The molecule has 0 saturated heterocycles. The Bertz CT molecular complexity index is 899. The van der Waals surface area contributed by atoms with Gasteiger partial charge in [-0.2, -0.15) is 0 Å². The average molecular weight is 353 g/mol. The van der Waals surface area contributed by atoms with Gasteiger partial charge in [-0.15, -0.1) is 0 Å². The quantitative estimate of drug-likeness (QED) is 0.488. The highest BCUT2D eigenvalue weighted by Gasteiger charge is 2.16. The molecule has 1 aromatic carbocycles. The highest BCUT2D eigenvalue weighted by atomic mass is 19.1. The molecule has 26 heavy (non-hydrogen) atoms. The largest absolute Gasteiger partial charge is 0.323 e. The molecule has 5 heteroatoms. The number of rotatable bonds is 3. The number of aromatic nitrogens is 1. The van der Waals surface area contributed by atoms with E-state index in [1.54, 1.807) is 12.3 Å². The highest BCUT2D eigenvalue weighted by Crippen LogP contribution is 2.27. The summed E-state index contributed by atoms with van der Waals surface area (Å²) in [6.07, 6.45) is 6.14. The van der Waals surface area contributed by atoms with Gasteiger partial charge in [-0.1, -0.05) is 17.7 Å². The Morgan fingerprint density at radius 3 is 2.58 bits per heavy atom. The van der Waals surface area contributed by atoms with Crippen LogP contribution >= 0.6 is 0 Å². The van der Waals surface area contributed by atoms with Gasteiger partial charge in [0.05, 0.1) is 11.4 Å². The van der Waals surface area contributed by atoms with E-state index in [9.17, 15) is 14.4 Å². The van der Waals surface area contributed by atoms with Crippen LogP contribution in [0.15, 0.2) is 60.1 Å². The molecule has 0 atom stereocenters. The number of pyridine rings is 1. The average Bonchev–Trinajstić information content (AvgIpc) is 2.62. The van der Waals surface area contributed by atoms with E-state index in [0.717, 1.165) is 32.7 Å². The van der Waals surface area contributed by atoms with Crippen LogP contribution in [0.4, 0.5) is 10.1 Å². The van der Waals surface area contributed by atoms with E-state index < -0.39 is 0 Å². The first-order valence-electron chi connectivity index (χ1n) is 8.60. The molecule has 1 aliphatic carbocycles. The van der Waals surface area contributed by atoms with Gasteiger partial charge >= 0.3 is 0 Å². The maximum Gasteiger partial charge on any atom is 0.248 e. The molecule has 0 bridgehead atoms. The number of hydrogen-bond acceptors (Lipinski definition) is 2. The van der Waals surface area contributed by atoms with Crippen LogP contribution in [0, 0.1) is 13.8 Å². The Morgan fingerprint density at radius 2 is 1.92 bits per heavy atom. The molecule has 4 nitrogen and oxygen atoms in total. The number of benzene rings is 1. The molecule has 1 aliphatic rings. The van der Waals surface area contributed by atoms with Gasteiger partial charge in [0.1, 0.15) is 0 Å². The summed E-state index contributed by atoms with van der Waals surface area (Å²) < 4.78 is 14.1. The fourth-order valence-electron chi connectivity index (χ4n) is 3.15. The zero-order valence-electron chi connectivity index (χ0n) is 14.9.